The van der Waals surface area contributed by atoms with E-state index in [1.165, 1.54) is 16.7 Å². The minimum Gasteiger partial charge on any atom is -0.493 e. The molecule has 0 saturated heterocycles. The fourth-order valence-electron chi connectivity index (χ4n) is 2.95. The number of aryl methyl sites for hydroxylation is 1. The third kappa shape index (κ3) is 3.26. The molecule has 2 aromatic carbocycles. The summed E-state index contributed by atoms with van der Waals surface area (Å²) in [7, 11) is 0. The van der Waals surface area contributed by atoms with Crippen LogP contribution in [0.4, 0.5) is 0 Å². The fourth-order valence-corrected chi connectivity index (χ4v) is 2.95. The molecule has 0 aromatic heterocycles. The molecule has 110 valence electrons. The Morgan fingerprint density at radius 3 is 2.71 bits per heavy atom. The van der Waals surface area contributed by atoms with Crippen LogP contribution in [-0.2, 0) is 12.8 Å². The maximum absolute atomic E-state index is 5.88. The van der Waals surface area contributed by atoms with Gasteiger partial charge in [0.2, 0.25) is 0 Å². The molecule has 2 unspecified atom stereocenters. The average Bonchev–Trinajstić information content (AvgIpc) is 2.54. The zero-order valence-electron chi connectivity index (χ0n) is 12.4. The van der Waals surface area contributed by atoms with Gasteiger partial charge < -0.3 is 4.74 Å². The van der Waals surface area contributed by atoms with Crippen molar-refractivity contribution < 1.29 is 4.74 Å². The monoisotopic (exact) mass is 282 g/mol. The molecule has 3 N–H and O–H groups in total. The summed E-state index contributed by atoms with van der Waals surface area (Å²) in [6.45, 7) is 2.83. The Bertz CT molecular complexity index is 594. The highest BCUT2D eigenvalue weighted by molar-refractivity contribution is 5.35. The first-order chi connectivity index (χ1) is 10.3. The lowest BCUT2D eigenvalue weighted by atomic mass is 9.87. The predicted molar refractivity (Wildman–Crippen MR) is 85.1 cm³/mol. The molecule has 3 rings (SSSR count). The van der Waals surface area contributed by atoms with Gasteiger partial charge in [-0.2, -0.15) is 0 Å². The van der Waals surface area contributed by atoms with E-state index in [0.29, 0.717) is 5.92 Å². The van der Waals surface area contributed by atoms with Crippen molar-refractivity contribution in [1.29, 1.82) is 0 Å². The summed E-state index contributed by atoms with van der Waals surface area (Å²) in [6, 6.07) is 17.1. The normalized spacial score (nSPS) is 18.7. The van der Waals surface area contributed by atoms with Crippen LogP contribution in [0.25, 0.3) is 0 Å². The van der Waals surface area contributed by atoms with Crippen LogP contribution in [0.1, 0.15) is 16.7 Å². The molecule has 3 heteroatoms. The van der Waals surface area contributed by atoms with Crippen LogP contribution in [0.15, 0.2) is 48.5 Å². The van der Waals surface area contributed by atoms with Crippen molar-refractivity contribution in [2.75, 3.05) is 6.61 Å². The van der Waals surface area contributed by atoms with E-state index in [1.807, 2.05) is 12.1 Å². The Morgan fingerprint density at radius 1 is 1.19 bits per heavy atom. The number of nitrogens with one attached hydrogen (secondary N) is 1. The van der Waals surface area contributed by atoms with Crippen LogP contribution >= 0.6 is 0 Å². The first kappa shape index (κ1) is 14.1. The van der Waals surface area contributed by atoms with E-state index in [1.54, 1.807) is 0 Å². The van der Waals surface area contributed by atoms with Crippen LogP contribution in [-0.4, -0.2) is 12.6 Å². The summed E-state index contributed by atoms with van der Waals surface area (Å²) < 4.78 is 5.88. The first-order valence-corrected chi connectivity index (χ1v) is 7.48. The van der Waals surface area contributed by atoms with Crippen LogP contribution in [0.2, 0.25) is 0 Å². The zero-order valence-corrected chi connectivity index (χ0v) is 12.4. The van der Waals surface area contributed by atoms with Gasteiger partial charge in [0, 0.05) is 12.0 Å². The smallest absolute Gasteiger partial charge is 0.122 e. The second-order valence-electron chi connectivity index (χ2n) is 5.85. The van der Waals surface area contributed by atoms with Crippen molar-refractivity contribution in [3.8, 4) is 5.75 Å². The van der Waals surface area contributed by atoms with Crippen molar-refractivity contribution in [3.63, 3.8) is 0 Å². The van der Waals surface area contributed by atoms with Gasteiger partial charge in [-0.1, -0.05) is 48.0 Å². The molecule has 0 bridgehead atoms. The fraction of sp³-hybridized carbons (Fsp3) is 0.333. The molecule has 21 heavy (non-hydrogen) atoms. The van der Waals surface area contributed by atoms with Gasteiger partial charge in [0.1, 0.15) is 5.75 Å². The highest BCUT2D eigenvalue weighted by Gasteiger charge is 2.26. The Morgan fingerprint density at radius 2 is 1.95 bits per heavy atom. The zero-order chi connectivity index (χ0) is 14.7. The van der Waals surface area contributed by atoms with Crippen molar-refractivity contribution in [1.82, 2.24) is 5.43 Å². The number of fused-ring (bicyclic) bond motifs is 1. The summed E-state index contributed by atoms with van der Waals surface area (Å²) in [5.74, 6) is 7.20. The largest absolute Gasteiger partial charge is 0.493 e. The van der Waals surface area contributed by atoms with Gasteiger partial charge >= 0.3 is 0 Å². The van der Waals surface area contributed by atoms with Gasteiger partial charge in [0.05, 0.1) is 6.61 Å². The number of rotatable bonds is 4. The number of hydrogen-bond donors (Lipinski definition) is 2. The van der Waals surface area contributed by atoms with Crippen molar-refractivity contribution in [2.24, 2.45) is 11.8 Å². The summed E-state index contributed by atoms with van der Waals surface area (Å²) in [4.78, 5) is 0. The molecule has 1 aliphatic heterocycles. The topological polar surface area (TPSA) is 47.3 Å². The second kappa shape index (κ2) is 6.29. The van der Waals surface area contributed by atoms with E-state index >= 15 is 0 Å². The van der Waals surface area contributed by atoms with Crippen molar-refractivity contribution >= 4 is 0 Å². The van der Waals surface area contributed by atoms with Crippen molar-refractivity contribution in [2.45, 2.75) is 25.8 Å². The Balaban J connectivity index is 1.71. The molecule has 1 aliphatic rings. The summed E-state index contributed by atoms with van der Waals surface area (Å²) in [5.41, 5.74) is 6.85. The maximum Gasteiger partial charge on any atom is 0.122 e. The standard InChI is InChI=1S/C18H22N2O/c1-13-6-8-14(9-7-13)10-17(20-19)16-11-15-4-2-3-5-18(15)21-12-16/h2-9,16-17,20H,10-12,19H2,1H3. The first-order valence-electron chi connectivity index (χ1n) is 7.48. The lowest BCUT2D eigenvalue weighted by Crippen LogP contribution is -2.46. The lowest BCUT2D eigenvalue weighted by molar-refractivity contribution is 0.183. The van der Waals surface area contributed by atoms with E-state index in [4.69, 9.17) is 10.6 Å². The third-order valence-electron chi connectivity index (χ3n) is 4.27. The summed E-state index contributed by atoms with van der Waals surface area (Å²) in [6.07, 6.45) is 1.93. The molecular formula is C18H22N2O. The third-order valence-corrected chi connectivity index (χ3v) is 4.27. The molecular weight excluding hydrogens is 260 g/mol. The number of para-hydroxylation sites is 1. The number of nitrogens with two attached hydrogens (primary N) is 1. The Labute approximate surface area is 126 Å². The van der Waals surface area contributed by atoms with E-state index in [-0.39, 0.29) is 6.04 Å². The van der Waals surface area contributed by atoms with Gasteiger partial charge in [0.25, 0.3) is 0 Å². The minimum absolute atomic E-state index is 0.223. The van der Waals surface area contributed by atoms with Crippen LogP contribution in [0, 0.1) is 12.8 Å². The quantitative estimate of drug-likeness (QED) is 0.669. The van der Waals surface area contributed by atoms with E-state index < -0.39 is 0 Å². The molecule has 0 fully saturated rings. The second-order valence-corrected chi connectivity index (χ2v) is 5.85. The van der Waals surface area contributed by atoms with Gasteiger partial charge in [-0.3, -0.25) is 11.3 Å². The van der Waals surface area contributed by atoms with E-state index in [9.17, 15) is 0 Å². The number of benzene rings is 2. The van der Waals surface area contributed by atoms with Gasteiger partial charge in [-0.25, -0.2) is 0 Å². The van der Waals surface area contributed by atoms with Gasteiger partial charge in [-0.05, 0) is 37.0 Å². The molecule has 0 spiro atoms. The Hall–Kier alpha value is -1.84. The minimum atomic E-state index is 0.223. The molecule has 0 radical (unpaired) electrons. The summed E-state index contributed by atoms with van der Waals surface area (Å²) in [5, 5.41) is 0. The van der Waals surface area contributed by atoms with Gasteiger partial charge in [0.15, 0.2) is 0 Å². The average molecular weight is 282 g/mol. The predicted octanol–water partition coefficient (Wildman–Crippen LogP) is 2.62. The molecule has 3 nitrogen and oxygen atoms in total. The Kier molecular flexibility index (Phi) is 4.23. The molecule has 0 aliphatic carbocycles. The number of ether oxygens (including phenoxy) is 1. The lowest BCUT2D eigenvalue weighted by Gasteiger charge is -2.31. The van der Waals surface area contributed by atoms with Crippen LogP contribution in [0.5, 0.6) is 5.75 Å². The highest BCUT2D eigenvalue weighted by atomic mass is 16.5. The SMILES string of the molecule is Cc1ccc(CC(NN)C2COc3ccccc3C2)cc1. The molecule has 1 heterocycles. The molecule has 0 saturated carbocycles. The number of hydrazine groups is 1. The molecule has 2 aromatic rings. The number of hydrogen-bond acceptors (Lipinski definition) is 3. The maximum atomic E-state index is 5.88. The van der Waals surface area contributed by atoms with Gasteiger partial charge in [-0.15, -0.1) is 0 Å². The highest BCUT2D eigenvalue weighted by Crippen LogP contribution is 2.29. The molecule has 2 atom stereocenters. The van der Waals surface area contributed by atoms with E-state index in [2.05, 4.69) is 48.7 Å². The van der Waals surface area contributed by atoms with Crippen molar-refractivity contribution in [3.05, 3.63) is 65.2 Å². The summed E-state index contributed by atoms with van der Waals surface area (Å²) >= 11 is 0. The molecule has 0 amide bonds. The van der Waals surface area contributed by atoms with Crippen LogP contribution < -0.4 is 16.0 Å². The van der Waals surface area contributed by atoms with E-state index in [0.717, 1.165) is 25.2 Å². The van der Waals surface area contributed by atoms with Crippen LogP contribution in [0.3, 0.4) is 0 Å².